The largest absolute Gasteiger partial charge is 0.307 e. The van der Waals surface area contributed by atoms with Crippen LogP contribution in [0.15, 0.2) is 30.3 Å². The molecule has 1 aromatic rings. The summed E-state index contributed by atoms with van der Waals surface area (Å²) in [5.41, 5.74) is 0.968. The van der Waals surface area contributed by atoms with Gasteiger partial charge in [-0.15, -0.1) is 0 Å². The standard InChI is InChI=1S/C11H10N2S3/c1-2-12-9(14)10(15)13(11(12)16)8-6-4-3-5-7-8/h3-7H,2H2,1H3. The average molecular weight is 266 g/mol. The number of nitrogens with zero attached hydrogens (tertiary/aromatic N) is 2. The lowest BCUT2D eigenvalue weighted by atomic mass is 10.3. The lowest BCUT2D eigenvalue weighted by Crippen LogP contribution is -2.32. The fourth-order valence-electron chi connectivity index (χ4n) is 1.59. The summed E-state index contributed by atoms with van der Waals surface area (Å²) in [6.07, 6.45) is 0. The van der Waals surface area contributed by atoms with Crippen molar-refractivity contribution in [2.45, 2.75) is 6.92 Å². The van der Waals surface area contributed by atoms with Crippen LogP contribution in [0.5, 0.6) is 0 Å². The van der Waals surface area contributed by atoms with Crippen LogP contribution in [0.1, 0.15) is 6.92 Å². The number of rotatable bonds is 2. The van der Waals surface area contributed by atoms with E-state index in [0.717, 1.165) is 12.2 Å². The summed E-state index contributed by atoms with van der Waals surface area (Å²) in [6.45, 7) is 2.76. The number of hydrogen-bond donors (Lipinski definition) is 0. The second-order valence-electron chi connectivity index (χ2n) is 3.31. The number of thiocarbonyl (C=S) groups is 3. The van der Waals surface area contributed by atoms with Crippen LogP contribution in [0.4, 0.5) is 5.69 Å². The molecule has 0 atom stereocenters. The van der Waals surface area contributed by atoms with Gasteiger partial charge in [0.2, 0.25) is 0 Å². The molecule has 1 fully saturated rings. The van der Waals surface area contributed by atoms with Crippen molar-refractivity contribution in [1.29, 1.82) is 0 Å². The Balaban J connectivity index is 2.41. The molecule has 1 aromatic carbocycles. The van der Waals surface area contributed by atoms with Gasteiger partial charge in [0.15, 0.2) is 5.11 Å². The fraction of sp³-hybridized carbons (Fsp3) is 0.182. The molecule has 0 aliphatic carbocycles. The van der Waals surface area contributed by atoms with Crippen LogP contribution < -0.4 is 4.90 Å². The summed E-state index contributed by atoms with van der Waals surface area (Å²) in [4.78, 5) is 4.98. The van der Waals surface area contributed by atoms with Gasteiger partial charge in [-0.05, 0) is 31.3 Å². The Morgan fingerprint density at radius 1 is 1.00 bits per heavy atom. The van der Waals surface area contributed by atoms with E-state index in [2.05, 4.69) is 0 Å². The minimum absolute atomic E-state index is 0.619. The Kier molecular flexibility index (Phi) is 3.28. The van der Waals surface area contributed by atoms with Gasteiger partial charge in [0.25, 0.3) is 0 Å². The van der Waals surface area contributed by atoms with E-state index >= 15 is 0 Å². The Bertz CT molecular complexity index is 456. The van der Waals surface area contributed by atoms with Crippen molar-refractivity contribution < 1.29 is 0 Å². The van der Waals surface area contributed by atoms with E-state index < -0.39 is 0 Å². The van der Waals surface area contributed by atoms with Gasteiger partial charge in [0, 0.05) is 12.2 Å². The first-order chi connectivity index (χ1) is 7.66. The molecule has 2 rings (SSSR count). The highest BCUT2D eigenvalue weighted by Crippen LogP contribution is 2.23. The second kappa shape index (κ2) is 4.53. The van der Waals surface area contributed by atoms with Crippen molar-refractivity contribution in [1.82, 2.24) is 4.90 Å². The molecule has 0 amide bonds. The van der Waals surface area contributed by atoms with Crippen molar-refractivity contribution in [3.63, 3.8) is 0 Å². The monoisotopic (exact) mass is 266 g/mol. The highest BCUT2D eigenvalue weighted by atomic mass is 32.1. The van der Waals surface area contributed by atoms with Gasteiger partial charge in [-0.3, -0.25) is 4.90 Å². The number of para-hydroxylation sites is 1. The molecule has 0 aromatic heterocycles. The molecule has 0 unspecified atom stereocenters. The highest BCUT2D eigenvalue weighted by molar-refractivity contribution is 7.90. The van der Waals surface area contributed by atoms with E-state index in [1.165, 1.54) is 0 Å². The molecule has 16 heavy (non-hydrogen) atoms. The van der Waals surface area contributed by atoms with E-state index in [0.29, 0.717) is 15.1 Å². The second-order valence-corrected chi connectivity index (χ2v) is 4.45. The quantitative estimate of drug-likeness (QED) is 0.757. The van der Waals surface area contributed by atoms with Gasteiger partial charge < -0.3 is 4.90 Å². The minimum Gasteiger partial charge on any atom is -0.307 e. The lowest BCUT2D eigenvalue weighted by Gasteiger charge is -2.18. The van der Waals surface area contributed by atoms with Crippen LogP contribution in [0, 0.1) is 0 Å². The molecular weight excluding hydrogens is 256 g/mol. The third-order valence-electron chi connectivity index (χ3n) is 2.38. The summed E-state index contributed by atoms with van der Waals surface area (Å²) in [5, 5.41) is 0.670. The number of hydrogen-bond acceptors (Lipinski definition) is 3. The predicted octanol–water partition coefficient (Wildman–Crippen LogP) is 2.77. The summed E-state index contributed by atoms with van der Waals surface area (Å²) in [6, 6.07) is 9.82. The lowest BCUT2D eigenvalue weighted by molar-refractivity contribution is 0.678. The van der Waals surface area contributed by atoms with E-state index in [1.807, 2.05) is 47.1 Å². The molecule has 1 heterocycles. The Hall–Kier alpha value is -0.910. The summed E-state index contributed by atoms with van der Waals surface area (Å²) in [5.74, 6) is 0. The highest BCUT2D eigenvalue weighted by Gasteiger charge is 2.34. The summed E-state index contributed by atoms with van der Waals surface area (Å²) >= 11 is 16.0. The zero-order valence-corrected chi connectivity index (χ0v) is 11.2. The Morgan fingerprint density at radius 2 is 1.62 bits per heavy atom. The minimum atomic E-state index is 0.619. The van der Waals surface area contributed by atoms with Crippen LogP contribution in [0.3, 0.4) is 0 Å². The maximum absolute atomic E-state index is 5.37. The number of benzene rings is 1. The van der Waals surface area contributed by atoms with Gasteiger partial charge in [-0.25, -0.2) is 0 Å². The molecule has 2 nitrogen and oxygen atoms in total. The first-order valence-corrected chi connectivity index (χ1v) is 6.14. The van der Waals surface area contributed by atoms with Crippen molar-refractivity contribution >= 4 is 57.4 Å². The predicted molar refractivity (Wildman–Crippen MR) is 79.1 cm³/mol. The van der Waals surface area contributed by atoms with Crippen LogP contribution in [0.2, 0.25) is 0 Å². The zero-order valence-electron chi connectivity index (χ0n) is 8.71. The summed E-state index contributed by atoms with van der Waals surface area (Å²) < 4.78 is 0. The molecule has 5 heteroatoms. The third kappa shape index (κ3) is 1.75. The molecule has 1 aliphatic rings. The molecular formula is C11H10N2S3. The first kappa shape index (κ1) is 11.6. The fourth-order valence-corrected chi connectivity index (χ4v) is 2.73. The van der Waals surface area contributed by atoms with Gasteiger partial charge in [0.05, 0.1) is 0 Å². The van der Waals surface area contributed by atoms with Crippen molar-refractivity contribution in [2.75, 3.05) is 11.4 Å². The normalized spacial score (nSPS) is 16.2. The van der Waals surface area contributed by atoms with E-state index in [4.69, 9.17) is 36.7 Å². The van der Waals surface area contributed by atoms with Crippen LogP contribution in [0.25, 0.3) is 0 Å². The molecule has 0 bridgehead atoms. The number of likely N-dealkylation sites (N-methyl/N-ethyl adjacent to an activating group) is 1. The Labute approximate surface area is 111 Å². The number of anilines is 1. The van der Waals surface area contributed by atoms with Crippen LogP contribution in [-0.4, -0.2) is 26.5 Å². The molecule has 0 saturated carbocycles. The van der Waals surface area contributed by atoms with Gasteiger partial charge in [-0.1, -0.05) is 42.6 Å². The van der Waals surface area contributed by atoms with Crippen molar-refractivity contribution in [2.24, 2.45) is 0 Å². The summed E-state index contributed by atoms with van der Waals surface area (Å²) in [7, 11) is 0. The molecule has 82 valence electrons. The topological polar surface area (TPSA) is 6.48 Å². The maximum atomic E-state index is 5.37. The molecule has 1 saturated heterocycles. The average Bonchev–Trinajstić information content (AvgIpc) is 2.51. The first-order valence-electron chi connectivity index (χ1n) is 4.91. The Morgan fingerprint density at radius 3 is 2.12 bits per heavy atom. The van der Waals surface area contributed by atoms with Gasteiger partial charge >= 0.3 is 0 Å². The van der Waals surface area contributed by atoms with Crippen LogP contribution >= 0.6 is 36.7 Å². The zero-order chi connectivity index (χ0) is 11.7. The van der Waals surface area contributed by atoms with E-state index in [-0.39, 0.29) is 0 Å². The molecule has 0 N–H and O–H groups in total. The van der Waals surface area contributed by atoms with Gasteiger partial charge in [-0.2, -0.15) is 0 Å². The van der Waals surface area contributed by atoms with Crippen molar-refractivity contribution in [3.05, 3.63) is 30.3 Å². The van der Waals surface area contributed by atoms with E-state index in [1.54, 1.807) is 0 Å². The van der Waals surface area contributed by atoms with E-state index in [9.17, 15) is 0 Å². The van der Waals surface area contributed by atoms with Crippen molar-refractivity contribution in [3.8, 4) is 0 Å². The smallest absolute Gasteiger partial charge is 0.186 e. The molecule has 0 spiro atoms. The molecule has 0 radical (unpaired) electrons. The van der Waals surface area contributed by atoms with Crippen LogP contribution in [-0.2, 0) is 0 Å². The third-order valence-corrected chi connectivity index (χ3v) is 3.71. The molecule has 1 aliphatic heterocycles. The van der Waals surface area contributed by atoms with Gasteiger partial charge in [0.1, 0.15) is 9.98 Å². The maximum Gasteiger partial charge on any atom is 0.186 e. The SMILES string of the molecule is CCN1C(=S)C(=S)N(c2ccccc2)C1=S.